The van der Waals surface area contributed by atoms with E-state index < -0.39 is 0 Å². The summed E-state index contributed by atoms with van der Waals surface area (Å²) in [7, 11) is 0. The monoisotopic (exact) mass is 237 g/mol. The van der Waals surface area contributed by atoms with Gasteiger partial charge in [0.05, 0.1) is 23.6 Å². The molecule has 1 aromatic heterocycles. The van der Waals surface area contributed by atoms with E-state index in [-0.39, 0.29) is 5.92 Å². The maximum Gasteiger partial charge on any atom is 0.114 e. The van der Waals surface area contributed by atoms with Crippen LogP contribution in [0, 0.1) is 25.2 Å². The van der Waals surface area contributed by atoms with Crippen molar-refractivity contribution in [3.8, 4) is 6.07 Å². The fourth-order valence-corrected chi connectivity index (χ4v) is 1.95. The van der Waals surface area contributed by atoms with Crippen molar-refractivity contribution in [2.75, 3.05) is 5.73 Å². The van der Waals surface area contributed by atoms with E-state index in [0.717, 1.165) is 22.4 Å². The smallest absolute Gasteiger partial charge is 0.114 e. The zero-order valence-corrected chi connectivity index (χ0v) is 10.5. The largest absolute Gasteiger partial charge is 0.397 e. The summed E-state index contributed by atoms with van der Waals surface area (Å²) in [5.41, 5.74) is 10.2. The molecule has 90 valence electrons. The summed E-state index contributed by atoms with van der Waals surface area (Å²) in [5.74, 6) is -0.342. The number of benzene rings is 1. The Kier molecular flexibility index (Phi) is 3.29. The lowest BCUT2D eigenvalue weighted by molar-refractivity contribution is 0.952. The van der Waals surface area contributed by atoms with Crippen LogP contribution >= 0.6 is 0 Å². The van der Waals surface area contributed by atoms with Crippen LogP contribution in [0.25, 0.3) is 0 Å². The van der Waals surface area contributed by atoms with Gasteiger partial charge in [-0.1, -0.05) is 23.8 Å². The summed E-state index contributed by atoms with van der Waals surface area (Å²) in [4.78, 5) is 4.25. The molecule has 0 aliphatic rings. The van der Waals surface area contributed by atoms with Gasteiger partial charge in [-0.15, -0.1) is 0 Å². The van der Waals surface area contributed by atoms with Crippen molar-refractivity contribution in [3.05, 3.63) is 58.9 Å². The van der Waals surface area contributed by atoms with E-state index in [1.54, 1.807) is 12.3 Å². The Labute approximate surface area is 107 Å². The topological polar surface area (TPSA) is 62.7 Å². The third kappa shape index (κ3) is 2.33. The van der Waals surface area contributed by atoms with Crippen molar-refractivity contribution in [1.82, 2.24) is 4.98 Å². The fraction of sp³-hybridized carbons (Fsp3) is 0.200. The van der Waals surface area contributed by atoms with Crippen molar-refractivity contribution < 1.29 is 0 Å². The van der Waals surface area contributed by atoms with Crippen molar-refractivity contribution in [3.63, 3.8) is 0 Å². The number of nitriles is 1. The number of nitrogens with zero attached hydrogens (tertiary/aromatic N) is 2. The molecule has 0 saturated heterocycles. The molecule has 18 heavy (non-hydrogen) atoms. The first kappa shape index (κ1) is 12.1. The molecule has 0 aliphatic heterocycles. The Bertz CT molecular complexity index is 594. The molecular formula is C15H15N3. The van der Waals surface area contributed by atoms with Crippen LogP contribution in [0.2, 0.25) is 0 Å². The number of anilines is 1. The molecule has 2 rings (SSSR count). The predicted molar refractivity (Wildman–Crippen MR) is 72.0 cm³/mol. The minimum absolute atomic E-state index is 0.342. The van der Waals surface area contributed by atoms with E-state index in [4.69, 9.17) is 5.73 Å². The van der Waals surface area contributed by atoms with Crippen molar-refractivity contribution in [1.29, 1.82) is 5.26 Å². The molecule has 0 saturated carbocycles. The molecule has 2 aromatic rings. The first-order valence-corrected chi connectivity index (χ1v) is 5.80. The minimum Gasteiger partial charge on any atom is -0.397 e. The van der Waals surface area contributed by atoms with E-state index in [1.807, 2.05) is 38.1 Å². The Morgan fingerprint density at radius 2 is 2.00 bits per heavy atom. The van der Waals surface area contributed by atoms with Gasteiger partial charge in [-0.3, -0.25) is 4.98 Å². The van der Waals surface area contributed by atoms with Gasteiger partial charge in [-0.05, 0) is 37.1 Å². The zero-order valence-electron chi connectivity index (χ0n) is 10.5. The molecule has 1 atom stereocenters. The number of aryl methyl sites for hydroxylation is 2. The van der Waals surface area contributed by atoms with E-state index in [1.165, 1.54) is 0 Å². The first-order valence-electron chi connectivity index (χ1n) is 5.80. The van der Waals surface area contributed by atoms with Crippen LogP contribution in [-0.2, 0) is 0 Å². The predicted octanol–water partition coefficient (Wildman–Crippen LogP) is 2.94. The Morgan fingerprint density at radius 1 is 1.22 bits per heavy atom. The number of rotatable bonds is 2. The third-order valence-electron chi connectivity index (χ3n) is 2.98. The zero-order chi connectivity index (χ0) is 13.1. The molecular weight excluding hydrogens is 222 g/mol. The average molecular weight is 237 g/mol. The molecule has 0 fully saturated rings. The van der Waals surface area contributed by atoms with Gasteiger partial charge in [0.1, 0.15) is 5.92 Å². The SMILES string of the molecule is Cc1ccc(C)c(C(C#N)c2ccc(N)cn2)c1. The van der Waals surface area contributed by atoms with Gasteiger partial charge in [0.25, 0.3) is 0 Å². The third-order valence-corrected chi connectivity index (χ3v) is 2.98. The molecule has 0 radical (unpaired) electrons. The highest BCUT2D eigenvalue weighted by Gasteiger charge is 2.16. The summed E-state index contributed by atoms with van der Waals surface area (Å²) in [5, 5.41) is 9.40. The second-order valence-corrected chi connectivity index (χ2v) is 4.44. The van der Waals surface area contributed by atoms with Gasteiger partial charge < -0.3 is 5.73 Å². The van der Waals surface area contributed by atoms with Gasteiger partial charge in [0.2, 0.25) is 0 Å². The molecule has 1 unspecified atom stereocenters. The average Bonchev–Trinajstić information content (AvgIpc) is 2.37. The Balaban J connectivity index is 2.49. The molecule has 2 N–H and O–H groups in total. The van der Waals surface area contributed by atoms with Crippen LogP contribution in [-0.4, -0.2) is 4.98 Å². The lowest BCUT2D eigenvalue weighted by Crippen LogP contribution is -2.04. The number of aromatic nitrogens is 1. The highest BCUT2D eigenvalue weighted by molar-refractivity contribution is 5.44. The molecule has 3 nitrogen and oxygen atoms in total. The molecule has 1 aromatic carbocycles. The van der Waals surface area contributed by atoms with Crippen LogP contribution in [0.15, 0.2) is 36.5 Å². The summed E-state index contributed by atoms with van der Waals surface area (Å²) in [6, 6.07) is 12.0. The van der Waals surface area contributed by atoms with Crippen molar-refractivity contribution >= 4 is 5.69 Å². The second-order valence-electron chi connectivity index (χ2n) is 4.44. The van der Waals surface area contributed by atoms with Gasteiger partial charge >= 0.3 is 0 Å². The van der Waals surface area contributed by atoms with Gasteiger partial charge in [0, 0.05) is 0 Å². The van der Waals surface area contributed by atoms with E-state index in [2.05, 4.69) is 11.1 Å². The second kappa shape index (κ2) is 4.89. The summed E-state index contributed by atoms with van der Waals surface area (Å²) < 4.78 is 0. The van der Waals surface area contributed by atoms with Crippen molar-refractivity contribution in [2.45, 2.75) is 19.8 Å². The lowest BCUT2D eigenvalue weighted by atomic mass is 9.91. The van der Waals surface area contributed by atoms with Crippen LogP contribution < -0.4 is 5.73 Å². The quantitative estimate of drug-likeness (QED) is 0.873. The van der Waals surface area contributed by atoms with Gasteiger partial charge in [-0.2, -0.15) is 5.26 Å². The van der Waals surface area contributed by atoms with Crippen LogP contribution in [0.1, 0.15) is 28.3 Å². The summed E-state index contributed by atoms with van der Waals surface area (Å²) >= 11 is 0. The highest BCUT2D eigenvalue weighted by Crippen LogP contribution is 2.26. The maximum absolute atomic E-state index is 9.40. The van der Waals surface area contributed by atoms with Gasteiger partial charge in [-0.25, -0.2) is 0 Å². The Morgan fingerprint density at radius 3 is 2.61 bits per heavy atom. The Hall–Kier alpha value is -2.34. The van der Waals surface area contributed by atoms with E-state index in [9.17, 15) is 5.26 Å². The number of nitrogen functional groups attached to an aromatic ring is 1. The van der Waals surface area contributed by atoms with Gasteiger partial charge in [0.15, 0.2) is 0 Å². The lowest BCUT2D eigenvalue weighted by Gasteiger charge is -2.13. The number of hydrogen-bond donors (Lipinski definition) is 1. The number of hydrogen-bond acceptors (Lipinski definition) is 3. The van der Waals surface area contributed by atoms with Crippen LogP contribution in [0.4, 0.5) is 5.69 Å². The normalized spacial score (nSPS) is 11.8. The standard InChI is InChI=1S/C15H15N3/c1-10-3-4-11(2)13(7-10)14(8-16)15-6-5-12(17)9-18-15/h3-7,9,14H,17H2,1-2H3. The molecule has 0 spiro atoms. The van der Waals surface area contributed by atoms with Crippen LogP contribution in [0.5, 0.6) is 0 Å². The number of nitrogens with two attached hydrogens (primary N) is 1. The maximum atomic E-state index is 9.40. The summed E-state index contributed by atoms with van der Waals surface area (Å²) in [6.45, 7) is 4.03. The molecule has 0 aliphatic carbocycles. The highest BCUT2D eigenvalue weighted by atomic mass is 14.7. The number of pyridine rings is 1. The van der Waals surface area contributed by atoms with E-state index >= 15 is 0 Å². The first-order chi connectivity index (χ1) is 8.61. The van der Waals surface area contributed by atoms with Crippen molar-refractivity contribution in [2.24, 2.45) is 0 Å². The fourth-order valence-electron chi connectivity index (χ4n) is 1.95. The molecule has 3 heteroatoms. The molecule has 0 amide bonds. The summed E-state index contributed by atoms with van der Waals surface area (Å²) in [6.07, 6.45) is 1.59. The van der Waals surface area contributed by atoms with E-state index in [0.29, 0.717) is 5.69 Å². The minimum atomic E-state index is -0.342. The van der Waals surface area contributed by atoms with Crippen LogP contribution in [0.3, 0.4) is 0 Å². The molecule has 1 heterocycles. The molecule has 0 bridgehead atoms.